The SMILES string of the molecule is COc1c(C)c(OC2OC(COC3OCC(O)C(O)C3O)C(O)C(O)C2O)cc2c1C(=O)c1ccccc1C2=O. The van der Waals surface area contributed by atoms with Crippen molar-refractivity contribution in [3.8, 4) is 11.5 Å². The molecule has 0 bridgehead atoms. The topological polar surface area (TPSA) is 202 Å². The number of rotatable bonds is 6. The number of carbonyl (C=O) groups is 2. The van der Waals surface area contributed by atoms with E-state index in [9.17, 15) is 40.2 Å². The Morgan fingerprint density at radius 2 is 1.50 bits per heavy atom. The lowest BCUT2D eigenvalue weighted by atomic mass is 9.82. The molecule has 0 amide bonds. The third-order valence-corrected chi connectivity index (χ3v) is 7.36. The summed E-state index contributed by atoms with van der Waals surface area (Å²) in [6.07, 6.45) is -13.8. The quantitative estimate of drug-likeness (QED) is 0.201. The number of carbonyl (C=O) groups excluding carboxylic acids is 2. The van der Waals surface area contributed by atoms with E-state index in [1.807, 2.05) is 0 Å². The second-order valence-electron chi connectivity index (χ2n) is 9.88. The van der Waals surface area contributed by atoms with Crippen LogP contribution in [0.4, 0.5) is 0 Å². The van der Waals surface area contributed by atoms with Crippen molar-refractivity contribution in [1.82, 2.24) is 0 Å². The number of hydrogen-bond donors (Lipinski definition) is 6. The van der Waals surface area contributed by atoms with Crippen LogP contribution in [0.2, 0.25) is 0 Å². The van der Waals surface area contributed by atoms with Crippen LogP contribution < -0.4 is 9.47 Å². The van der Waals surface area contributed by atoms with Gasteiger partial charge in [-0.2, -0.15) is 0 Å². The second-order valence-corrected chi connectivity index (χ2v) is 9.88. The summed E-state index contributed by atoms with van der Waals surface area (Å²) in [5, 5.41) is 61.1. The van der Waals surface area contributed by atoms with E-state index in [0.717, 1.165) is 0 Å². The first kappa shape index (κ1) is 28.5. The molecule has 13 nitrogen and oxygen atoms in total. The van der Waals surface area contributed by atoms with Gasteiger partial charge in [-0.05, 0) is 13.0 Å². The van der Waals surface area contributed by atoms with Crippen LogP contribution in [0.1, 0.15) is 37.4 Å². The predicted molar refractivity (Wildman–Crippen MR) is 132 cm³/mol. The van der Waals surface area contributed by atoms with Crippen LogP contribution in [0.5, 0.6) is 11.5 Å². The van der Waals surface area contributed by atoms with E-state index in [1.54, 1.807) is 25.1 Å². The fourth-order valence-electron chi connectivity index (χ4n) is 5.07. The molecule has 0 aromatic heterocycles. The van der Waals surface area contributed by atoms with Gasteiger partial charge in [0.05, 0.1) is 25.9 Å². The molecule has 0 spiro atoms. The highest BCUT2D eigenvalue weighted by atomic mass is 16.7. The smallest absolute Gasteiger partial charge is 0.229 e. The minimum Gasteiger partial charge on any atom is -0.496 e. The molecular formula is C27H30O13. The largest absolute Gasteiger partial charge is 0.496 e. The summed E-state index contributed by atoms with van der Waals surface area (Å²) in [6, 6.07) is 7.72. The summed E-state index contributed by atoms with van der Waals surface area (Å²) in [5.41, 5.74) is 0.868. The van der Waals surface area contributed by atoms with Crippen molar-refractivity contribution in [1.29, 1.82) is 0 Å². The van der Waals surface area contributed by atoms with Crippen molar-refractivity contribution in [2.45, 2.75) is 62.2 Å². The van der Waals surface area contributed by atoms with Crippen molar-refractivity contribution in [2.75, 3.05) is 20.3 Å². The number of fused-ring (bicyclic) bond motifs is 2. The zero-order valence-corrected chi connectivity index (χ0v) is 21.5. The van der Waals surface area contributed by atoms with Crippen LogP contribution in [-0.4, -0.2) is 118 Å². The molecule has 2 aromatic carbocycles. The molecule has 40 heavy (non-hydrogen) atoms. The van der Waals surface area contributed by atoms with Gasteiger partial charge < -0.3 is 54.3 Å². The Balaban J connectivity index is 1.39. The van der Waals surface area contributed by atoms with Gasteiger partial charge in [-0.15, -0.1) is 0 Å². The molecule has 2 heterocycles. The number of hydrogen-bond acceptors (Lipinski definition) is 13. The van der Waals surface area contributed by atoms with Crippen LogP contribution in [0.3, 0.4) is 0 Å². The van der Waals surface area contributed by atoms with Crippen molar-refractivity contribution in [3.63, 3.8) is 0 Å². The zero-order chi connectivity index (χ0) is 28.9. The number of benzene rings is 2. The third-order valence-electron chi connectivity index (χ3n) is 7.36. The van der Waals surface area contributed by atoms with Gasteiger partial charge in [-0.25, -0.2) is 0 Å². The van der Waals surface area contributed by atoms with Crippen LogP contribution >= 0.6 is 0 Å². The average Bonchev–Trinajstić information content (AvgIpc) is 2.95. The van der Waals surface area contributed by atoms with E-state index in [1.165, 1.54) is 19.2 Å². The number of ether oxygens (including phenoxy) is 5. The van der Waals surface area contributed by atoms with Crippen molar-refractivity contribution >= 4 is 11.6 Å². The Morgan fingerprint density at radius 1 is 0.850 bits per heavy atom. The highest BCUT2D eigenvalue weighted by Crippen LogP contribution is 2.41. The van der Waals surface area contributed by atoms with E-state index in [2.05, 4.69) is 0 Å². The molecule has 216 valence electrons. The van der Waals surface area contributed by atoms with Gasteiger partial charge in [0, 0.05) is 22.3 Å². The minimum atomic E-state index is -1.74. The van der Waals surface area contributed by atoms with Crippen LogP contribution in [0, 0.1) is 6.92 Å². The van der Waals surface area contributed by atoms with E-state index >= 15 is 0 Å². The zero-order valence-electron chi connectivity index (χ0n) is 21.5. The summed E-state index contributed by atoms with van der Waals surface area (Å²) >= 11 is 0. The molecule has 2 aromatic rings. The molecule has 6 N–H and O–H groups in total. The maximum atomic E-state index is 13.3. The van der Waals surface area contributed by atoms with Crippen LogP contribution in [0.15, 0.2) is 30.3 Å². The molecular weight excluding hydrogens is 532 g/mol. The van der Waals surface area contributed by atoms with Crippen LogP contribution in [-0.2, 0) is 14.2 Å². The lowest BCUT2D eigenvalue weighted by Gasteiger charge is -2.41. The first-order valence-electron chi connectivity index (χ1n) is 12.6. The summed E-state index contributed by atoms with van der Waals surface area (Å²) in [6.45, 7) is 0.802. The number of aliphatic hydroxyl groups is 6. The van der Waals surface area contributed by atoms with E-state index < -0.39 is 73.5 Å². The molecule has 13 heteroatoms. The van der Waals surface area contributed by atoms with Crippen LogP contribution in [0.25, 0.3) is 0 Å². The molecule has 0 saturated carbocycles. The van der Waals surface area contributed by atoms with Crippen molar-refractivity contribution < 1.29 is 63.9 Å². The molecule has 3 aliphatic rings. The Morgan fingerprint density at radius 3 is 2.17 bits per heavy atom. The molecule has 9 atom stereocenters. The standard InChI is InChI=1S/C27H30O13/c1-10-15(7-13-17(25(10)36-2)19(30)12-6-4-3-5-11(12)18(13)29)39-27-24(35)22(33)21(32)16(40-27)9-38-26-23(34)20(31)14(28)8-37-26/h3-7,14,16,20-24,26-28,31-35H,8-9H2,1-2H3. The number of methoxy groups -OCH3 is 1. The highest BCUT2D eigenvalue weighted by molar-refractivity contribution is 6.29. The maximum Gasteiger partial charge on any atom is 0.229 e. The molecule has 2 fully saturated rings. The van der Waals surface area contributed by atoms with Gasteiger partial charge in [0.25, 0.3) is 0 Å². The van der Waals surface area contributed by atoms with Crippen molar-refractivity contribution in [2.24, 2.45) is 0 Å². The normalized spacial score (nSPS) is 33.8. The molecule has 5 rings (SSSR count). The lowest BCUT2D eigenvalue weighted by molar-refractivity contribution is -0.307. The Kier molecular flexibility index (Phi) is 7.94. The third kappa shape index (κ3) is 4.79. The lowest BCUT2D eigenvalue weighted by Crippen LogP contribution is -2.61. The summed E-state index contributed by atoms with van der Waals surface area (Å²) in [4.78, 5) is 26.5. The fraction of sp³-hybridized carbons (Fsp3) is 0.481. The van der Waals surface area contributed by atoms with Gasteiger partial charge >= 0.3 is 0 Å². The number of aliphatic hydroxyl groups excluding tert-OH is 6. The summed E-state index contributed by atoms with van der Waals surface area (Å²) < 4.78 is 27.6. The minimum absolute atomic E-state index is 0.0200. The average molecular weight is 563 g/mol. The first-order valence-corrected chi connectivity index (χ1v) is 12.6. The van der Waals surface area contributed by atoms with Gasteiger partial charge in [0.1, 0.15) is 54.2 Å². The molecule has 9 unspecified atom stereocenters. The molecule has 2 saturated heterocycles. The van der Waals surface area contributed by atoms with E-state index in [-0.39, 0.29) is 40.4 Å². The monoisotopic (exact) mass is 562 g/mol. The Hall–Kier alpha value is -2.98. The van der Waals surface area contributed by atoms with E-state index in [0.29, 0.717) is 5.56 Å². The maximum absolute atomic E-state index is 13.3. The summed E-state index contributed by atoms with van der Waals surface area (Å²) in [5.74, 6) is -0.716. The van der Waals surface area contributed by atoms with Gasteiger partial charge in [0.2, 0.25) is 6.29 Å². The van der Waals surface area contributed by atoms with Gasteiger partial charge in [-0.1, -0.05) is 24.3 Å². The van der Waals surface area contributed by atoms with Gasteiger partial charge in [-0.3, -0.25) is 9.59 Å². The van der Waals surface area contributed by atoms with Gasteiger partial charge in [0.15, 0.2) is 17.9 Å². The van der Waals surface area contributed by atoms with E-state index in [4.69, 9.17) is 23.7 Å². The Bertz CT molecular complexity index is 1300. The number of ketones is 2. The van der Waals surface area contributed by atoms with Crippen molar-refractivity contribution in [3.05, 3.63) is 58.1 Å². The fourth-order valence-corrected chi connectivity index (χ4v) is 5.07. The highest BCUT2D eigenvalue weighted by Gasteiger charge is 2.47. The molecule has 1 aliphatic carbocycles. The molecule has 2 aliphatic heterocycles. The Labute approximate surface area is 228 Å². The molecule has 0 radical (unpaired) electrons. The summed E-state index contributed by atoms with van der Waals surface area (Å²) in [7, 11) is 1.34. The first-order chi connectivity index (χ1) is 19.0. The second kappa shape index (κ2) is 11.1. The predicted octanol–water partition coefficient (Wildman–Crippen LogP) is -1.58.